The number of nitrogens with zero attached hydrogens (tertiary/aromatic N) is 2. The second kappa shape index (κ2) is 6.47. The predicted molar refractivity (Wildman–Crippen MR) is 74.7 cm³/mol. The van der Waals surface area contributed by atoms with Gasteiger partial charge in [0.2, 0.25) is 0 Å². The lowest BCUT2D eigenvalue weighted by Crippen LogP contribution is -2.03. The van der Waals surface area contributed by atoms with E-state index in [1.54, 1.807) is 43.3 Å². The van der Waals surface area contributed by atoms with Crippen LogP contribution in [-0.4, -0.2) is 17.7 Å². The number of aromatic hydroxyl groups is 1. The van der Waals surface area contributed by atoms with Crippen molar-refractivity contribution in [3.63, 3.8) is 0 Å². The topological polar surface area (TPSA) is 71.2 Å². The third-order valence-electron chi connectivity index (χ3n) is 2.51. The minimum atomic E-state index is -0.352. The zero-order valence-corrected chi connectivity index (χ0v) is 11.0. The third-order valence-corrected chi connectivity index (χ3v) is 2.51. The first-order chi connectivity index (χ1) is 9.69. The van der Waals surface area contributed by atoms with E-state index in [0.717, 1.165) is 0 Å². The van der Waals surface area contributed by atoms with Crippen molar-refractivity contribution in [1.82, 2.24) is 0 Å². The van der Waals surface area contributed by atoms with Crippen LogP contribution in [0.2, 0.25) is 0 Å². The monoisotopic (exact) mass is 270 g/mol. The van der Waals surface area contributed by atoms with Gasteiger partial charge in [0, 0.05) is 0 Å². The van der Waals surface area contributed by atoms with Crippen LogP contribution in [0.25, 0.3) is 0 Å². The van der Waals surface area contributed by atoms with E-state index in [1.165, 1.54) is 12.1 Å². The molecule has 0 aromatic heterocycles. The molecule has 0 radical (unpaired) electrons. The van der Waals surface area contributed by atoms with Crippen LogP contribution in [-0.2, 0) is 4.74 Å². The van der Waals surface area contributed by atoms with Crippen molar-refractivity contribution in [3.05, 3.63) is 54.1 Å². The van der Waals surface area contributed by atoms with E-state index in [-0.39, 0.29) is 11.7 Å². The highest BCUT2D eigenvalue weighted by atomic mass is 16.5. The van der Waals surface area contributed by atoms with Gasteiger partial charge in [-0.25, -0.2) is 4.79 Å². The Morgan fingerprint density at radius 3 is 2.00 bits per heavy atom. The first kappa shape index (κ1) is 13.7. The Kier molecular flexibility index (Phi) is 4.44. The van der Waals surface area contributed by atoms with Gasteiger partial charge >= 0.3 is 5.97 Å². The van der Waals surface area contributed by atoms with Gasteiger partial charge in [0.15, 0.2) is 0 Å². The molecule has 0 aliphatic rings. The van der Waals surface area contributed by atoms with Crippen molar-refractivity contribution >= 4 is 17.3 Å². The van der Waals surface area contributed by atoms with Gasteiger partial charge in [0.25, 0.3) is 0 Å². The van der Waals surface area contributed by atoms with E-state index in [4.69, 9.17) is 9.84 Å². The van der Waals surface area contributed by atoms with Crippen LogP contribution in [0.15, 0.2) is 58.8 Å². The minimum absolute atomic E-state index is 0.183. The van der Waals surface area contributed by atoms with Crippen molar-refractivity contribution < 1.29 is 14.6 Å². The Bertz CT molecular complexity index is 604. The van der Waals surface area contributed by atoms with Gasteiger partial charge in [-0.15, -0.1) is 0 Å². The second-order valence-electron chi connectivity index (χ2n) is 3.98. The quantitative estimate of drug-likeness (QED) is 0.674. The SMILES string of the molecule is CCOC(=O)c1ccc(N=Nc2ccc(O)cc2)cc1. The molecule has 2 rings (SSSR count). The molecule has 0 amide bonds. The second-order valence-corrected chi connectivity index (χ2v) is 3.98. The van der Waals surface area contributed by atoms with E-state index < -0.39 is 0 Å². The van der Waals surface area contributed by atoms with Crippen LogP contribution < -0.4 is 0 Å². The molecular weight excluding hydrogens is 256 g/mol. The molecule has 2 aromatic rings. The molecule has 0 atom stereocenters. The maximum Gasteiger partial charge on any atom is 0.338 e. The molecule has 0 unspecified atom stereocenters. The van der Waals surface area contributed by atoms with Gasteiger partial charge in [-0.3, -0.25) is 0 Å². The van der Waals surface area contributed by atoms with Gasteiger partial charge in [-0.05, 0) is 55.5 Å². The molecule has 5 nitrogen and oxygen atoms in total. The number of benzene rings is 2. The Morgan fingerprint density at radius 1 is 1.00 bits per heavy atom. The van der Waals surface area contributed by atoms with Crippen LogP contribution >= 0.6 is 0 Å². The summed E-state index contributed by atoms with van der Waals surface area (Å²) in [5.74, 6) is -0.169. The molecule has 1 N–H and O–H groups in total. The van der Waals surface area contributed by atoms with Crippen LogP contribution in [0.4, 0.5) is 11.4 Å². The molecule has 0 spiro atoms. The molecule has 0 heterocycles. The van der Waals surface area contributed by atoms with Crippen molar-refractivity contribution in [3.8, 4) is 5.75 Å². The van der Waals surface area contributed by atoms with Crippen molar-refractivity contribution in [2.75, 3.05) is 6.61 Å². The highest BCUT2D eigenvalue weighted by Crippen LogP contribution is 2.20. The standard InChI is InChI=1S/C15H14N2O3/c1-2-20-15(19)11-3-5-12(6-4-11)16-17-13-7-9-14(18)10-8-13/h3-10,18H,2H2,1H3. The van der Waals surface area contributed by atoms with Crippen LogP contribution in [0.1, 0.15) is 17.3 Å². The number of phenols is 1. The molecule has 0 fully saturated rings. The molecule has 0 saturated carbocycles. The number of ether oxygens (including phenoxy) is 1. The summed E-state index contributed by atoms with van der Waals surface area (Å²) in [5.41, 5.74) is 1.75. The molecule has 5 heteroatoms. The van der Waals surface area contributed by atoms with Crippen LogP contribution in [0, 0.1) is 0 Å². The first-order valence-corrected chi connectivity index (χ1v) is 6.17. The summed E-state index contributed by atoms with van der Waals surface area (Å²) < 4.78 is 4.89. The summed E-state index contributed by atoms with van der Waals surface area (Å²) in [4.78, 5) is 11.5. The fraction of sp³-hybridized carbons (Fsp3) is 0.133. The summed E-state index contributed by atoms with van der Waals surface area (Å²) >= 11 is 0. The van der Waals surface area contributed by atoms with Gasteiger partial charge in [-0.2, -0.15) is 10.2 Å². The molecule has 102 valence electrons. The van der Waals surface area contributed by atoms with E-state index in [2.05, 4.69) is 10.2 Å². The van der Waals surface area contributed by atoms with Crippen molar-refractivity contribution in [2.45, 2.75) is 6.92 Å². The molecule has 0 aliphatic carbocycles. The lowest BCUT2D eigenvalue weighted by atomic mass is 10.2. The van der Waals surface area contributed by atoms with E-state index in [1.807, 2.05) is 0 Å². The Labute approximate surface area is 116 Å². The molecule has 20 heavy (non-hydrogen) atoms. The van der Waals surface area contributed by atoms with E-state index in [9.17, 15) is 4.79 Å². The fourth-order valence-corrected chi connectivity index (χ4v) is 1.51. The highest BCUT2D eigenvalue weighted by Gasteiger charge is 2.05. The molecule has 0 aliphatic heterocycles. The molecule has 2 aromatic carbocycles. The highest BCUT2D eigenvalue weighted by molar-refractivity contribution is 5.89. The average Bonchev–Trinajstić information content (AvgIpc) is 2.47. The van der Waals surface area contributed by atoms with Crippen molar-refractivity contribution in [2.24, 2.45) is 10.2 Å². The lowest BCUT2D eigenvalue weighted by molar-refractivity contribution is 0.0526. The first-order valence-electron chi connectivity index (χ1n) is 6.17. The van der Waals surface area contributed by atoms with Crippen LogP contribution in [0.5, 0.6) is 5.75 Å². The third kappa shape index (κ3) is 3.65. The van der Waals surface area contributed by atoms with E-state index >= 15 is 0 Å². The Hall–Kier alpha value is -2.69. The fourth-order valence-electron chi connectivity index (χ4n) is 1.51. The number of hydrogen-bond acceptors (Lipinski definition) is 5. The largest absolute Gasteiger partial charge is 0.508 e. The summed E-state index contributed by atoms with van der Waals surface area (Å²) in [6, 6.07) is 13.1. The maximum absolute atomic E-state index is 11.5. The van der Waals surface area contributed by atoms with Gasteiger partial charge in [-0.1, -0.05) is 0 Å². The van der Waals surface area contributed by atoms with E-state index in [0.29, 0.717) is 23.5 Å². The van der Waals surface area contributed by atoms with Gasteiger partial charge in [0.1, 0.15) is 5.75 Å². The number of esters is 1. The predicted octanol–water partition coefficient (Wildman–Crippen LogP) is 3.98. The number of azo groups is 1. The summed E-state index contributed by atoms with van der Waals surface area (Å²) in [7, 11) is 0. The number of phenolic OH excluding ortho intramolecular Hbond substituents is 1. The zero-order chi connectivity index (χ0) is 14.4. The molecular formula is C15H14N2O3. The number of carbonyl (C=O) groups is 1. The van der Waals surface area contributed by atoms with Gasteiger partial charge in [0.05, 0.1) is 23.5 Å². The summed E-state index contributed by atoms with van der Waals surface area (Å²) in [6.07, 6.45) is 0. The number of hydrogen-bond donors (Lipinski definition) is 1. The van der Waals surface area contributed by atoms with Crippen molar-refractivity contribution in [1.29, 1.82) is 0 Å². The smallest absolute Gasteiger partial charge is 0.338 e. The minimum Gasteiger partial charge on any atom is -0.508 e. The van der Waals surface area contributed by atoms with Gasteiger partial charge < -0.3 is 9.84 Å². The lowest BCUT2D eigenvalue weighted by Gasteiger charge is -2.01. The Morgan fingerprint density at radius 2 is 1.50 bits per heavy atom. The summed E-state index contributed by atoms with van der Waals surface area (Å²) in [6.45, 7) is 2.11. The molecule has 0 bridgehead atoms. The van der Waals surface area contributed by atoms with Crippen LogP contribution in [0.3, 0.4) is 0 Å². The maximum atomic E-state index is 11.5. The normalized spacial score (nSPS) is 10.7. The average molecular weight is 270 g/mol. The summed E-state index contributed by atoms with van der Waals surface area (Å²) in [5, 5.41) is 17.2. The number of rotatable bonds is 4. The Balaban J connectivity index is 2.07. The number of carbonyl (C=O) groups excluding carboxylic acids is 1. The molecule has 0 saturated heterocycles. The zero-order valence-electron chi connectivity index (χ0n) is 11.0.